The number of ether oxygens (including phenoxy) is 1. The van der Waals surface area contributed by atoms with Crippen LogP contribution in [-0.2, 0) is 9.89 Å². The highest BCUT2D eigenvalue weighted by Gasteiger charge is 2.27. The fraction of sp³-hybridized carbons (Fsp3) is 0.588. The Morgan fingerprint density at radius 3 is 2.33 bits per heavy atom. The molecule has 1 aromatic carbocycles. The van der Waals surface area contributed by atoms with Crippen molar-refractivity contribution in [2.24, 2.45) is 0 Å². The van der Waals surface area contributed by atoms with Gasteiger partial charge in [-0.25, -0.2) is 9.18 Å². The average Bonchev–Trinajstić information content (AvgIpc) is 3.25. The van der Waals surface area contributed by atoms with Crippen LogP contribution in [0.2, 0.25) is 0 Å². The Kier molecular flexibility index (Phi) is 6.23. The van der Waals surface area contributed by atoms with E-state index < -0.39 is 16.8 Å². The van der Waals surface area contributed by atoms with Crippen LogP contribution in [-0.4, -0.2) is 24.3 Å². The lowest BCUT2D eigenvalue weighted by Crippen LogP contribution is -2.38. The summed E-state index contributed by atoms with van der Waals surface area (Å²) in [5.74, 6) is 0. The first kappa shape index (κ1) is 19.6. The zero-order valence-electron chi connectivity index (χ0n) is 14.4. The molecular formula is C17H27FN2O2P2. The van der Waals surface area contributed by atoms with E-state index in [1.165, 1.54) is 0 Å². The van der Waals surface area contributed by atoms with Crippen molar-refractivity contribution < 1.29 is 13.9 Å². The van der Waals surface area contributed by atoms with Crippen molar-refractivity contribution in [2.45, 2.75) is 56.4 Å². The number of halogens is 1. The first-order valence-electron chi connectivity index (χ1n) is 8.14. The minimum atomic E-state index is -1.52. The van der Waals surface area contributed by atoms with Crippen molar-refractivity contribution in [2.75, 3.05) is 6.54 Å². The van der Waals surface area contributed by atoms with Gasteiger partial charge in [-0.05, 0) is 44.7 Å². The van der Waals surface area contributed by atoms with Crippen LogP contribution < -0.4 is 10.6 Å². The maximum Gasteiger partial charge on any atom is 0.407 e. The number of benzene rings is 1. The summed E-state index contributed by atoms with van der Waals surface area (Å²) in [5, 5.41) is 4.80. The van der Waals surface area contributed by atoms with Crippen molar-refractivity contribution in [3.05, 3.63) is 35.4 Å². The number of carbonyl (C=O) groups excluding carboxylic acids is 1. The molecule has 2 rings (SSSR count). The first-order chi connectivity index (χ1) is 11.0. The lowest BCUT2D eigenvalue weighted by Gasteiger charge is -2.23. The third kappa shape index (κ3) is 6.63. The van der Waals surface area contributed by atoms with E-state index in [9.17, 15) is 9.18 Å². The number of hydrogen-bond donors (Lipinski definition) is 2. The number of rotatable bonds is 6. The lowest BCUT2D eigenvalue weighted by molar-refractivity contribution is 0.0522. The normalized spacial score (nSPS) is 16.6. The zero-order valence-corrected chi connectivity index (χ0v) is 16.7. The largest absolute Gasteiger partial charge is 0.444 e. The number of alkyl carbamates (subject to hydrolysis) is 1. The van der Waals surface area contributed by atoms with Crippen LogP contribution in [0.4, 0.5) is 9.18 Å². The van der Waals surface area contributed by atoms with Gasteiger partial charge in [0.15, 0.2) is 5.15 Å². The summed E-state index contributed by atoms with van der Waals surface area (Å²) < 4.78 is 19.2. The molecule has 4 nitrogen and oxygen atoms in total. The predicted octanol–water partition coefficient (Wildman–Crippen LogP) is 3.83. The minimum absolute atomic E-state index is 0.0258. The van der Waals surface area contributed by atoms with E-state index >= 15 is 0 Å². The molecule has 1 aliphatic carbocycles. The Morgan fingerprint density at radius 1 is 1.29 bits per heavy atom. The van der Waals surface area contributed by atoms with Gasteiger partial charge in [0.25, 0.3) is 0 Å². The molecule has 0 radical (unpaired) electrons. The number of amides is 1. The third-order valence-corrected chi connectivity index (χ3v) is 4.29. The van der Waals surface area contributed by atoms with E-state index in [1.807, 2.05) is 32.9 Å². The van der Waals surface area contributed by atoms with Crippen molar-refractivity contribution in [1.29, 1.82) is 0 Å². The van der Waals surface area contributed by atoms with E-state index in [-0.39, 0.29) is 6.04 Å². The summed E-state index contributed by atoms with van der Waals surface area (Å²) in [5.41, 5.74) is 1.07. The predicted molar refractivity (Wildman–Crippen MR) is 102 cm³/mol. The summed E-state index contributed by atoms with van der Waals surface area (Å²) in [6.45, 7) is 5.92. The molecule has 1 fully saturated rings. The van der Waals surface area contributed by atoms with Crippen LogP contribution >= 0.6 is 18.5 Å². The fourth-order valence-electron chi connectivity index (χ4n) is 2.28. The number of carbonyl (C=O) groups is 1. The molecule has 0 aliphatic heterocycles. The molecule has 2 N–H and O–H groups in total. The van der Waals surface area contributed by atoms with E-state index in [4.69, 9.17) is 4.74 Å². The van der Waals surface area contributed by atoms with E-state index in [0.29, 0.717) is 18.2 Å². The van der Waals surface area contributed by atoms with E-state index in [0.717, 1.165) is 18.4 Å². The highest BCUT2D eigenvalue weighted by molar-refractivity contribution is 7.38. The standard InChI is InChI=1S/C17H27FN2O2P2/c1-16(2,3)22-15(21)19-10-14(20-13-8-9-13)11-4-6-12(7-5-11)17(18,23)24/h4-7,13-14,20H,8-10,23-24H2,1-3H3,(H,19,21). The van der Waals surface area contributed by atoms with Gasteiger partial charge in [-0.2, -0.15) is 0 Å². The maximum absolute atomic E-state index is 13.9. The summed E-state index contributed by atoms with van der Waals surface area (Å²) in [4.78, 5) is 11.9. The van der Waals surface area contributed by atoms with Crippen LogP contribution in [0.3, 0.4) is 0 Å². The van der Waals surface area contributed by atoms with Crippen molar-refractivity contribution in [1.82, 2.24) is 10.6 Å². The molecule has 134 valence electrons. The molecule has 0 spiro atoms. The summed E-state index contributed by atoms with van der Waals surface area (Å²) in [6.07, 6.45) is 1.86. The molecule has 1 aliphatic rings. The molecule has 0 aromatic heterocycles. The van der Waals surface area contributed by atoms with Gasteiger partial charge in [-0.3, -0.25) is 0 Å². The molecule has 7 heteroatoms. The molecule has 1 amide bonds. The molecule has 1 saturated carbocycles. The van der Waals surface area contributed by atoms with E-state index in [1.54, 1.807) is 12.1 Å². The molecule has 24 heavy (non-hydrogen) atoms. The molecule has 0 saturated heterocycles. The second-order valence-electron chi connectivity index (χ2n) is 7.27. The molecular weight excluding hydrogens is 345 g/mol. The zero-order chi connectivity index (χ0) is 18.0. The molecule has 3 unspecified atom stereocenters. The van der Waals surface area contributed by atoms with E-state index in [2.05, 4.69) is 29.1 Å². The van der Waals surface area contributed by atoms with Crippen molar-refractivity contribution in [3.8, 4) is 0 Å². The van der Waals surface area contributed by atoms with Gasteiger partial charge in [0.05, 0.1) is 0 Å². The summed E-state index contributed by atoms with van der Waals surface area (Å²) in [6, 6.07) is 7.79. The van der Waals surface area contributed by atoms with Gasteiger partial charge in [-0.15, -0.1) is 0 Å². The van der Waals surface area contributed by atoms with Crippen molar-refractivity contribution in [3.63, 3.8) is 0 Å². The maximum atomic E-state index is 13.9. The van der Waals surface area contributed by atoms with Gasteiger partial charge in [0.1, 0.15) is 5.60 Å². The second kappa shape index (κ2) is 7.64. The Balaban J connectivity index is 2.01. The topological polar surface area (TPSA) is 50.4 Å². The van der Waals surface area contributed by atoms with Crippen LogP contribution in [0.1, 0.15) is 50.8 Å². The van der Waals surface area contributed by atoms with Gasteiger partial charge in [0.2, 0.25) is 0 Å². The quantitative estimate of drug-likeness (QED) is 0.746. The molecule has 1 aromatic rings. The third-order valence-electron chi connectivity index (χ3n) is 3.62. The van der Waals surface area contributed by atoms with Crippen LogP contribution in [0.15, 0.2) is 24.3 Å². The highest BCUT2D eigenvalue weighted by Crippen LogP contribution is 2.40. The SMILES string of the molecule is CC(C)(C)OC(=O)NCC(NC1CC1)c1ccc(C(F)(P)P)cc1. The lowest BCUT2D eigenvalue weighted by atomic mass is 10.0. The second-order valence-corrected chi connectivity index (χ2v) is 9.61. The van der Waals surface area contributed by atoms with Crippen LogP contribution in [0.5, 0.6) is 0 Å². The highest BCUT2D eigenvalue weighted by atomic mass is 31.1. The van der Waals surface area contributed by atoms with Gasteiger partial charge >= 0.3 is 6.09 Å². The average molecular weight is 372 g/mol. The van der Waals surface area contributed by atoms with Crippen LogP contribution in [0.25, 0.3) is 0 Å². The Morgan fingerprint density at radius 2 is 1.88 bits per heavy atom. The van der Waals surface area contributed by atoms with Gasteiger partial charge in [-0.1, -0.05) is 42.7 Å². The Bertz CT molecular complexity index is 563. The van der Waals surface area contributed by atoms with Crippen LogP contribution in [0, 0.1) is 0 Å². The monoisotopic (exact) mass is 372 g/mol. The van der Waals surface area contributed by atoms with Gasteiger partial charge < -0.3 is 15.4 Å². The number of alkyl halides is 1. The minimum Gasteiger partial charge on any atom is -0.444 e. The summed E-state index contributed by atoms with van der Waals surface area (Å²) in [7, 11) is 4.33. The Labute approximate surface area is 148 Å². The van der Waals surface area contributed by atoms with Gasteiger partial charge in [0, 0.05) is 18.6 Å². The van der Waals surface area contributed by atoms with Crippen molar-refractivity contribution >= 4 is 24.6 Å². The first-order valence-corrected chi connectivity index (χ1v) is 9.30. The molecule has 3 atom stereocenters. The molecule has 0 bridgehead atoms. The smallest absolute Gasteiger partial charge is 0.407 e. The number of hydrogen-bond acceptors (Lipinski definition) is 3. The number of nitrogens with one attached hydrogen (secondary N) is 2. The summed E-state index contributed by atoms with van der Waals surface area (Å²) >= 11 is 0. The fourth-order valence-corrected chi connectivity index (χ4v) is 2.66. The molecule has 0 heterocycles. The Hall–Kier alpha value is -0.760.